The molecule has 1 aliphatic carbocycles. The number of nitrogens with zero attached hydrogens (tertiary/aromatic N) is 1. The first-order valence-electron chi connectivity index (χ1n) is 7.50. The topological polar surface area (TPSA) is 85.1 Å². The summed E-state index contributed by atoms with van der Waals surface area (Å²) < 4.78 is 0. The van der Waals surface area contributed by atoms with Crippen LogP contribution in [0.5, 0.6) is 0 Å². The Bertz CT molecular complexity index is 758. The van der Waals surface area contributed by atoms with Crippen LogP contribution in [0.1, 0.15) is 47.2 Å². The number of ketones is 1. The van der Waals surface area contributed by atoms with Crippen molar-refractivity contribution in [3.8, 4) is 0 Å². The van der Waals surface area contributed by atoms with Crippen molar-refractivity contribution >= 4 is 40.6 Å². The van der Waals surface area contributed by atoms with Gasteiger partial charge in [0.2, 0.25) is 5.91 Å². The van der Waals surface area contributed by atoms with Crippen molar-refractivity contribution in [1.82, 2.24) is 4.98 Å². The number of Topliss-reactive ketones (excluding diaryl/α,β-unsaturated/α-hetero) is 1. The summed E-state index contributed by atoms with van der Waals surface area (Å²) in [6.07, 6.45) is 1.25. The number of anilines is 1. The lowest BCUT2D eigenvalue weighted by atomic mass is 9.78. The number of halogens is 1. The molecule has 0 aliphatic heterocycles. The molecule has 3 N–H and O–H groups in total. The van der Waals surface area contributed by atoms with Gasteiger partial charge in [-0.05, 0) is 17.4 Å². The number of carbonyl (C=O) groups is 2. The Morgan fingerprint density at radius 2 is 1.96 bits per heavy atom. The van der Waals surface area contributed by atoms with Crippen LogP contribution in [0.4, 0.5) is 5.13 Å². The van der Waals surface area contributed by atoms with Gasteiger partial charge in [-0.25, -0.2) is 4.98 Å². The first-order valence-corrected chi connectivity index (χ1v) is 8.32. The van der Waals surface area contributed by atoms with Crippen molar-refractivity contribution in [2.45, 2.75) is 32.7 Å². The molecule has 0 saturated carbocycles. The molecule has 1 heterocycles. The molecule has 1 unspecified atom stereocenters. The number of nitrogens with two attached hydrogens (primary N) is 1. The maximum Gasteiger partial charge on any atom is 0.247 e. The van der Waals surface area contributed by atoms with Gasteiger partial charge in [-0.1, -0.05) is 55.5 Å². The molecule has 0 saturated heterocycles. The van der Waals surface area contributed by atoms with Crippen molar-refractivity contribution in [2.24, 2.45) is 11.1 Å². The molecule has 1 amide bonds. The summed E-state index contributed by atoms with van der Waals surface area (Å²) in [5.74, 6) is -0.226. The van der Waals surface area contributed by atoms with E-state index in [1.165, 1.54) is 11.3 Å². The number of amides is 1. The molecule has 1 aromatic heterocycles. The molecule has 7 heteroatoms. The van der Waals surface area contributed by atoms with Gasteiger partial charge in [0.05, 0.1) is 10.6 Å². The molecule has 1 atom stereocenters. The van der Waals surface area contributed by atoms with Crippen LogP contribution in [0.3, 0.4) is 0 Å². The van der Waals surface area contributed by atoms with Gasteiger partial charge < -0.3 is 11.1 Å². The molecule has 128 valence electrons. The number of benzene rings is 1. The number of hydrogen-bond acceptors (Lipinski definition) is 5. The predicted octanol–water partition coefficient (Wildman–Crippen LogP) is 3.36. The SMILES string of the molecule is CC1(C)CC(=O)c2sc(NC(=O)C(N)c3ccccc3)nc2C1.Cl. The summed E-state index contributed by atoms with van der Waals surface area (Å²) in [6, 6.07) is 8.41. The zero-order valence-corrected chi connectivity index (χ0v) is 15.2. The molecule has 3 rings (SSSR count). The number of nitrogens with one attached hydrogen (secondary N) is 1. The van der Waals surface area contributed by atoms with Crippen molar-refractivity contribution in [1.29, 1.82) is 0 Å². The van der Waals surface area contributed by atoms with Gasteiger partial charge in [-0.2, -0.15) is 0 Å². The van der Waals surface area contributed by atoms with Crippen LogP contribution in [0.25, 0.3) is 0 Å². The normalized spacial score (nSPS) is 16.7. The number of carbonyl (C=O) groups excluding carboxylic acids is 2. The minimum atomic E-state index is -0.760. The quantitative estimate of drug-likeness (QED) is 0.873. The van der Waals surface area contributed by atoms with Gasteiger partial charge in [-0.15, -0.1) is 12.4 Å². The van der Waals surface area contributed by atoms with E-state index in [0.29, 0.717) is 16.4 Å². The lowest BCUT2D eigenvalue weighted by Gasteiger charge is -2.26. The van der Waals surface area contributed by atoms with E-state index in [2.05, 4.69) is 24.1 Å². The number of thiazole rings is 1. The van der Waals surface area contributed by atoms with E-state index < -0.39 is 6.04 Å². The predicted molar refractivity (Wildman–Crippen MR) is 97.8 cm³/mol. The third-order valence-electron chi connectivity index (χ3n) is 3.91. The Morgan fingerprint density at radius 3 is 2.62 bits per heavy atom. The molecule has 0 spiro atoms. The number of fused-ring (bicyclic) bond motifs is 1. The van der Waals surface area contributed by atoms with Gasteiger partial charge in [0.25, 0.3) is 0 Å². The fourth-order valence-electron chi connectivity index (χ4n) is 2.77. The maximum atomic E-state index is 12.3. The molecular weight excluding hydrogens is 346 g/mol. The zero-order valence-electron chi connectivity index (χ0n) is 13.5. The highest BCUT2D eigenvalue weighted by molar-refractivity contribution is 7.17. The highest BCUT2D eigenvalue weighted by atomic mass is 35.5. The first-order chi connectivity index (χ1) is 10.9. The molecule has 0 radical (unpaired) electrons. The summed E-state index contributed by atoms with van der Waals surface area (Å²) in [4.78, 5) is 29.6. The summed E-state index contributed by atoms with van der Waals surface area (Å²) >= 11 is 1.24. The largest absolute Gasteiger partial charge is 0.316 e. The lowest BCUT2D eigenvalue weighted by Crippen LogP contribution is -2.27. The number of aromatic nitrogens is 1. The summed E-state index contributed by atoms with van der Waals surface area (Å²) in [6.45, 7) is 4.10. The Morgan fingerprint density at radius 1 is 1.29 bits per heavy atom. The van der Waals surface area contributed by atoms with Gasteiger partial charge in [0, 0.05) is 6.42 Å². The second-order valence-corrected chi connectivity index (χ2v) is 7.61. The van der Waals surface area contributed by atoms with Crippen LogP contribution in [0.2, 0.25) is 0 Å². The third kappa shape index (κ3) is 3.83. The van der Waals surface area contributed by atoms with Crippen LogP contribution in [-0.4, -0.2) is 16.7 Å². The molecular formula is C17H20ClN3O2S. The molecule has 24 heavy (non-hydrogen) atoms. The number of hydrogen-bond donors (Lipinski definition) is 2. The highest BCUT2D eigenvalue weighted by Crippen LogP contribution is 2.38. The van der Waals surface area contributed by atoms with Crippen LogP contribution < -0.4 is 11.1 Å². The summed E-state index contributed by atoms with van der Waals surface area (Å²) in [7, 11) is 0. The molecule has 1 aromatic carbocycles. The van der Waals surface area contributed by atoms with Crippen LogP contribution in [0, 0.1) is 5.41 Å². The molecule has 1 aliphatic rings. The summed E-state index contributed by atoms with van der Waals surface area (Å²) in [5.41, 5.74) is 7.41. The second-order valence-electron chi connectivity index (χ2n) is 6.61. The van der Waals surface area contributed by atoms with Crippen molar-refractivity contribution < 1.29 is 9.59 Å². The third-order valence-corrected chi connectivity index (χ3v) is 4.96. The van der Waals surface area contributed by atoms with Crippen LogP contribution in [-0.2, 0) is 11.2 Å². The van der Waals surface area contributed by atoms with E-state index in [-0.39, 0.29) is 29.5 Å². The minimum absolute atomic E-state index is 0. The summed E-state index contributed by atoms with van der Waals surface area (Å²) in [5, 5.41) is 3.18. The van der Waals surface area contributed by atoms with Crippen molar-refractivity contribution in [3.63, 3.8) is 0 Å². The number of rotatable bonds is 3. The van der Waals surface area contributed by atoms with Gasteiger partial charge in [0.15, 0.2) is 10.9 Å². The molecule has 0 bridgehead atoms. The first kappa shape index (κ1) is 18.6. The van der Waals surface area contributed by atoms with Crippen LogP contribution in [0.15, 0.2) is 30.3 Å². The van der Waals surface area contributed by atoms with E-state index in [4.69, 9.17) is 5.73 Å². The van der Waals surface area contributed by atoms with Gasteiger partial charge in [0.1, 0.15) is 6.04 Å². The van der Waals surface area contributed by atoms with E-state index >= 15 is 0 Å². The zero-order chi connectivity index (χ0) is 16.6. The molecule has 0 fully saturated rings. The fraction of sp³-hybridized carbons (Fsp3) is 0.353. The monoisotopic (exact) mass is 365 g/mol. The average Bonchev–Trinajstić information content (AvgIpc) is 2.88. The highest BCUT2D eigenvalue weighted by Gasteiger charge is 2.34. The van der Waals surface area contributed by atoms with E-state index in [9.17, 15) is 9.59 Å². The van der Waals surface area contributed by atoms with Crippen molar-refractivity contribution in [2.75, 3.05) is 5.32 Å². The Balaban J connectivity index is 0.00000208. The maximum absolute atomic E-state index is 12.3. The van der Waals surface area contributed by atoms with E-state index in [1.54, 1.807) is 0 Å². The Kier molecular flexibility index (Phi) is 5.42. The lowest BCUT2D eigenvalue weighted by molar-refractivity contribution is -0.117. The van der Waals surface area contributed by atoms with E-state index in [0.717, 1.165) is 17.7 Å². The molecule has 5 nitrogen and oxygen atoms in total. The Hall–Kier alpha value is -1.76. The van der Waals surface area contributed by atoms with Gasteiger partial charge in [-0.3, -0.25) is 9.59 Å². The fourth-order valence-corrected chi connectivity index (χ4v) is 3.69. The van der Waals surface area contributed by atoms with E-state index in [1.807, 2.05) is 30.3 Å². The smallest absolute Gasteiger partial charge is 0.247 e. The Labute approximate surface area is 151 Å². The van der Waals surface area contributed by atoms with Gasteiger partial charge >= 0.3 is 0 Å². The standard InChI is InChI=1S/C17H19N3O2S.ClH/c1-17(2)8-11-14(12(21)9-17)23-16(19-11)20-15(22)13(18)10-6-4-3-5-7-10;/h3-7,13H,8-9,18H2,1-2H3,(H,19,20,22);1H. The van der Waals surface area contributed by atoms with Crippen molar-refractivity contribution in [3.05, 3.63) is 46.5 Å². The molecule has 2 aromatic rings. The second kappa shape index (κ2) is 7.01. The van der Waals surface area contributed by atoms with Crippen LogP contribution >= 0.6 is 23.7 Å². The average molecular weight is 366 g/mol. The minimum Gasteiger partial charge on any atom is -0.316 e.